The molecule has 0 spiro atoms. The van der Waals surface area contributed by atoms with Crippen LogP contribution in [0.5, 0.6) is 0 Å². The summed E-state index contributed by atoms with van der Waals surface area (Å²) in [6, 6.07) is 14.0. The van der Waals surface area contributed by atoms with Crippen LogP contribution in [0.2, 0.25) is 0 Å². The molecular formula is C18H20N2O3. The highest BCUT2D eigenvalue weighted by Gasteiger charge is 2.19. The molecular weight excluding hydrogens is 292 g/mol. The van der Waals surface area contributed by atoms with Crippen LogP contribution < -0.4 is 0 Å². The van der Waals surface area contributed by atoms with Gasteiger partial charge in [0.2, 0.25) is 5.91 Å². The number of carbonyl (C=O) groups excluding carboxylic acids is 1. The molecule has 0 bridgehead atoms. The average molecular weight is 312 g/mol. The molecule has 0 unspecified atom stereocenters. The Hall–Kier alpha value is -2.69. The summed E-state index contributed by atoms with van der Waals surface area (Å²) >= 11 is 0. The van der Waals surface area contributed by atoms with E-state index in [1.165, 1.54) is 12.1 Å². The molecule has 0 saturated carbocycles. The van der Waals surface area contributed by atoms with Gasteiger partial charge in [-0.05, 0) is 30.5 Å². The van der Waals surface area contributed by atoms with E-state index in [4.69, 9.17) is 0 Å². The molecule has 0 aliphatic heterocycles. The molecule has 0 aliphatic carbocycles. The number of likely N-dealkylation sites (N-methyl/N-ethyl adjacent to an activating group) is 1. The van der Waals surface area contributed by atoms with Gasteiger partial charge < -0.3 is 4.90 Å². The highest BCUT2D eigenvalue weighted by molar-refractivity contribution is 5.79. The van der Waals surface area contributed by atoms with Crippen molar-refractivity contribution in [1.29, 1.82) is 0 Å². The van der Waals surface area contributed by atoms with E-state index in [0.717, 1.165) is 16.7 Å². The van der Waals surface area contributed by atoms with Gasteiger partial charge in [-0.1, -0.05) is 36.4 Å². The van der Waals surface area contributed by atoms with E-state index >= 15 is 0 Å². The number of amides is 1. The van der Waals surface area contributed by atoms with E-state index < -0.39 is 4.92 Å². The monoisotopic (exact) mass is 312 g/mol. The van der Waals surface area contributed by atoms with Crippen molar-refractivity contribution in [3.05, 3.63) is 75.3 Å². The van der Waals surface area contributed by atoms with Gasteiger partial charge in [0.25, 0.3) is 5.69 Å². The lowest BCUT2D eigenvalue weighted by atomic mass is 10.0. The highest BCUT2D eigenvalue weighted by atomic mass is 16.6. The molecule has 0 aliphatic rings. The van der Waals surface area contributed by atoms with Crippen molar-refractivity contribution >= 4 is 11.6 Å². The molecule has 5 nitrogen and oxygen atoms in total. The third-order valence-electron chi connectivity index (χ3n) is 4.14. The van der Waals surface area contributed by atoms with Crippen molar-refractivity contribution in [2.75, 3.05) is 7.05 Å². The molecule has 1 amide bonds. The first-order valence-corrected chi connectivity index (χ1v) is 7.44. The summed E-state index contributed by atoms with van der Waals surface area (Å²) in [7, 11) is 1.73. The number of nitro groups is 1. The second-order valence-corrected chi connectivity index (χ2v) is 5.64. The summed E-state index contributed by atoms with van der Waals surface area (Å²) in [5.41, 5.74) is 2.86. The van der Waals surface area contributed by atoms with Crippen molar-refractivity contribution in [2.24, 2.45) is 0 Å². The fourth-order valence-electron chi connectivity index (χ4n) is 2.43. The second kappa shape index (κ2) is 7.05. The molecule has 0 fully saturated rings. The van der Waals surface area contributed by atoms with Crippen LogP contribution in [-0.2, 0) is 11.2 Å². The SMILES string of the molecule is Cc1ccccc1CC(=O)N(C)[C@H](C)c1cccc([N+](=O)[O-])c1. The predicted molar refractivity (Wildman–Crippen MR) is 89.2 cm³/mol. The highest BCUT2D eigenvalue weighted by Crippen LogP contribution is 2.23. The van der Waals surface area contributed by atoms with Crippen molar-refractivity contribution in [3.63, 3.8) is 0 Å². The normalized spacial score (nSPS) is 11.8. The van der Waals surface area contributed by atoms with Gasteiger partial charge in [0, 0.05) is 19.2 Å². The average Bonchev–Trinajstić information content (AvgIpc) is 2.55. The minimum Gasteiger partial charge on any atom is -0.339 e. The van der Waals surface area contributed by atoms with Crippen LogP contribution in [0.25, 0.3) is 0 Å². The van der Waals surface area contributed by atoms with E-state index in [2.05, 4.69) is 0 Å². The zero-order chi connectivity index (χ0) is 17.0. The summed E-state index contributed by atoms with van der Waals surface area (Å²) in [5, 5.41) is 10.9. The van der Waals surface area contributed by atoms with Crippen molar-refractivity contribution in [2.45, 2.75) is 26.3 Å². The number of hydrogen-bond acceptors (Lipinski definition) is 3. The Morgan fingerprint density at radius 1 is 1.22 bits per heavy atom. The number of aryl methyl sites for hydroxylation is 1. The first-order valence-electron chi connectivity index (χ1n) is 7.44. The molecule has 0 aromatic heterocycles. The number of nitrogens with zero attached hydrogens (tertiary/aromatic N) is 2. The Morgan fingerprint density at radius 2 is 1.91 bits per heavy atom. The maximum atomic E-state index is 12.5. The number of rotatable bonds is 5. The van der Waals surface area contributed by atoms with Crippen LogP contribution in [-0.4, -0.2) is 22.8 Å². The third kappa shape index (κ3) is 3.94. The summed E-state index contributed by atoms with van der Waals surface area (Å²) in [6.07, 6.45) is 0.322. The van der Waals surface area contributed by atoms with Gasteiger partial charge >= 0.3 is 0 Å². The molecule has 0 N–H and O–H groups in total. The van der Waals surface area contributed by atoms with E-state index in [1.54, 1.807) is 24.1 Å². The third-order valence-corrected chi connectivity index (χ3v) is 4.14. The second-order valence-electron chi connectivity index (χ2n) is 5.64. The van der Waals surface area contributed by atoms with Crippen LogP contribution >= 0.6 is 0 Å². The smallest absolute Gasteiger partial charge is 0.269 e. The molecule has 5 heteroatoms. The van der Waals surface area contributed by atoms with Gasteiger partial charge in [-0.3, -0.25) is 14.9 Å². The van der Waals surface area contributed by atoms with Gasteiger partial charge in [-0.25, -0.2) is 0 Å². The zero-order valence-electron chi connectivity index (χ0n) is 13.5. The molecule has 0 saturated heterocycles. The van der Waals surface area contributed by atoms with Crippen molar-refractivity contribution < 1.29 is 9.72 Å². The summed E-state index contributed by atoms with van der Waals surface area (Å²) < 4.78 is 0. The van der Waals surface area contributed by atoms with Crippen molar-refractivity contribution in [3.8, 4) is 0 Å². The quantitative estimate of drug-likeness (QED) is 0.625. The first-order chi connectivity index (χ1) is 10.9. The molecule has 2 rings (SSSR count). The summed E-state index contributed by atoms with van der Waals surface area (Å²) in [4.78, 5) is 24.6. The number of non-ortho nitro benzene ring substituents is 1. The Bertz CT molecular complexity index is 728. The largest absolute Gasteiger partial charge is 0.339 e. The predicted octanol–water partition coefficient (Wildman–Crippen LogP) is 3.67. The number of nitro benzene ring substituents is 1. The number of benzene rings is 2. The number of carbonyl (C=O) groups is 1. The van der Waals surface area contributed by atoms with E-state index in [-0.39, 0.29) is 17.6 Å². The molecule has 0 heterocycles. The van der Waals surface area contributed by atoms with E-state index in [0.29, 0.717) is 6.42 Å². The van der Waals surface area contributed by atoms with Crippen LogP contribution in [0, 0.1) is 17.0 Å². The van der Waals surface area contributed by atoms with E-state index in [1.807, 2.05) is 38.1 Å². The fourth-order valence-corrected chi connectivity index (χ4v) is 2.43. The van der Waals surface area contributed by atoms with Crippen LogP contribution in [0.15, 0.2) is 48.5 Å². The van der Waals surface area contributed by atoms with Gasteiger partial charge in [-0.2, -0.15) is 0 Å². The maximum Gasteiger partial charge on any atom is 0.269 e. The van der Waals surface area contributed by atoms with Crippen LogP contribution in [0.1, 0.15) is 29.7 Å². The van der Waals surface area contributed by atoms with Crippen LogP contribution in [0.3, 0.4) is 0 Å². The molecule has 2 aromatic rings. The van der Waals surface area contributed by atoms with Gasteiger partial charge in [0.15, 0.2) is 0 Å². The Morgan fingerprint density at radius 3 is 2.57 bits per heavy atom. The topological polar surface area (TPSA) is 63.5 Å². The summed E-state index contributed by atoms with van der Waals surface area (Å²) in [5.74, 6) is -0.0155. The minimum absolute atomic E-state index is 0.0155. The Labute approximate surface area is 135 Å². The Balaban J connectivity index is 2.14. The lowest BCUT2D eigenvalue weighted by molar-refractivity contribution is -0.384. The Kier molecular flexibility index (Phi) is 5.11. The molecule has 23 heavy (non-hydrogen) atoms. The number of hydrogen-bond donors (Lipinski definition) is 0. The molecule has 1 atom stereocenters. The molecule has 2 aromatic carbocycles. The standard InChI is InChI=1S/C18H20N2O3/c1-13-7-4-5-8-15(13)12-18(21)19(3)14(2)16-9-6-10-17(11-16)20(22)23/h4-11,14H,12H2,1-3H3/t14-/m1/s1. The lowest BCUT2D eigenvalue weighted by Crippen LogP contribution is -2.31. The lowest BCUT2D eigenvalue weighted by Gasteiger charge is -2.25. The minimum atomic E-state index is -0.425. The van der Waals surface area contributed by atoms with Gasteiger partial charge in [0.1, 0.15) is 0 Å². The molecule has 120 valence electrons. The first kappa shape index (κ1) is 16.7. The van der Waals surface area contributed by atoms with Crippen molar-refractivity contribution in [1.82, 2.24) is 4.90 Å². The maximum absolute atomic E-state index is 12.5. The zero-order valence-corrected chi connectivity index (χ0v) is 13.5. The fraction of sp³-hybridized carbons (Fsp3) is 0.278. The van der Waals surface area contributed by atoms with Crippen LogP contribution in [0.4, 0.5) is 5.69 Å². The summed E-state index contributed by atoms with van der Waals surface area (Å²) in [6.45, 7) is 3.85. The molecule has 0 radical (unpaired) electrons. The van der Waals surface area contributed by atoms with Gasteiger partial charge in [0.05, 0.1) is 17.4 Å². The van der Waals surface area contributed by atoms with E-state index in [9.17, 15) is 14.9 Å². The van der Waals surface area contributed by atoms with Gasteiger partial charge in [-0.15, -0.1) is 0 Å².